The smallest absolute Gasteiger partial charge is 0.309 e. The highest BCUT2D eigenvalue weighted by Crippen LogP contribution is 2.28. The minimum atomic E-state index is -0.592. The van der Waals surface area contributed by atoms with Gasteiger partial charge >= 0.3 is 11.8 Å². The van der Waals surface area contributed by atoms with E-state index in [1.165, 1.54) is 22.3 Å². The molecule has 0 atom stereocenters. The highest BCUT2D eigenvalue weighted by Gasteiger charge is 2.18. The highest BCUT2D eigenvalue weighted by atomic mass is 16.2. The van der Waals surface area contributed by atoms with Gasteiger partial charge in [0.25, 0.3) is 0 Å². The summed E-state index contributed by atoms with van der Waals surface area (Å²) in [5.74, 6) is -0.891. The van der Waals surface area contributed by atoms with E-state index in [0.717, 1.165) is 0 Å². The molecule has 36 heavy (non-hydrogen) atoms. The van der Waals surface area contributed by atoms with Crippen molar-refractivity contribution in [1.29, 1.82) is 0 Å². The maximum absolute atomic E-state index is 12.5. The summed E-state index contributed by atoms with van der Waals surface area (Å²) in [6.45, 7) is 0.828. The van der Waals surface area contributed by atoms with Gasteiger partial charge in [-0.15, -0.1) is 0 Å². The number of nitrogens with one attached hydrogen (secondary N) is 2. The number of carbonyl (C=O) groups is 2. The normalized spacial score (nSPS) is 10.8. The molecule has 4 rings (SSSR count). The van der Waals surface area contributed by atoms with E-state index in [1.807, 2.05) is 72.8 Å². The molecule has 0 radical (unpaired) electrons. The van der Waals surface area contributed by atoms with E-state index in [0.29, 0.717) is 25.9 Å². The van der Waals surface area contributed by atoms with E-state index >= 15 is 0 Å². The topological polar surface area (TPSA) is 58.2 Å². The number of carbonyl (C=O) groups excluding carboxylic acids is 2. The van der Waals surface area contributed by atoms with E-state index in [9.17, 15) is 9.59 Å². The highest BCUT2D eigenvalue weighted by molar-refractivity contribution is 6.35. The summed E-state index contributed by atoms with van der Waals surface area (Å²) in [4.78, 5) is 25.0. The van der Waals surface area contributed by atoms with Crippen molar-refractivity contribution in [2.75, 3.05) is 13.1 Å². The lowest BCUT2D eigenvalue weighted by Gasteiger charge is -2.19. The van der Waals surface area contributed by atoms with Gasteiger partial charge in [-0.25, -0.2) is 0 Å². The molecular weight excluding hydrogens is 444 g/mol. The van der Waals surface area contributed by atoms with Crippen LogP contribution in [0.25, 0.3) is 0 Å². The third-order valence-corrected chi connectivity index (χ3v) is 6.45. The third-order valence-electron chi connectivity index (χ3n) is 6.45. The minimum absolute atomic E-state index is 0.147. The van der Waals surface area contributed by atoms with Crippen molar-refractivity contribution in [2.24, 2.45) is 0 Å². The molecule has 0 saturated carbocycles. The monoisotopic (exact) mass is 476 g/mol. The van der Waals surface area contributed by atoms with Gasteiger partial charge in [0, 0.05) is 24.9 Å². The Bertz CT molecular complexity index is 1030. The van der Waals surface area contributed by atoms with Crippen molar-refractivity contribution in [3.63, 3.8) is 0 Å². The Morgan fingerprint density at radius 3 is 0.944 bits per heavy atom. The van der Waals surface area contributed by atoms with Gasteiger partial charge in [0.2, 0.25) is 0 Å². The van der Waals surface area contributed by atoms with Crippen LogP contribution in [0.1, 0.15) is 46.9 Å². The van der Waals surface area contributed by atoms with Crippen LogP contribution in [0.15, 0.2) is 121 Å². The Morgan fingerprint density at radius 1 is 0.444 bits per heavy atom. The zero-order valence-corrected chi connectivity index (χ0v) is 20.3. The molecule has 0 unspecified atom stereocenters. The Labute approximate surface area is 213 Å². The Morgan fingerprint density at radius 2 is 0.694 bits per heavy atom. The molecule has 0 aromatic heterocycles. The van der Waals surface area contributed by atoms with E-state index < -0.39 is 11.8 Å². The first-order valence-corrected chi connectivity index (χ1v) is 12.5. The first-order valence-electron chi connectivity index (χ1n) is 12.5. The first kappa shape index (κ1) is 24.9. The Hall–Kier alpha value is -4.18. The van der Waals surface area contributed by atoms with Crippen molar-refractivity contribution in [2.45, 2.75) is 24.7 Å². The van der Waals surface area contributed by atoms with Crippen LogP contribution in [0.2, 0.25) is 0 Å². The molecule has 0 aliphatic heterocycles. The van der Waals surface area contributed by atoms with Gasteiger partial charge in [0.05, 0.1) is 0 Å². The van der Waals surface area contributed by atoms with Crippen molar-refractivity contribution >= 4 is 11.8 Å². The largest absolute Gasteiger partial charge is 0.348 e. The van der Waals surface area contributed by atoms with Gasteiger partial charge in [0.1, 0.15) is 0 Å². The second-order valence-electron chi connectivity index (χ2n) is 8.84. The molecule has 4 aromatic rings. The number of rotatable bonds is 10. The predicted molar refractivity (Wildman–Crippen MR) is 145 cm³/mol. The van der Waals surface area contributed by atoms with Crippen molar-refractivity contribution in [1.82, 2.24) is 10.6 Å². The Balaban J connectivity index is 1.30. The van der Waals surface area contributed by atoms with Crippen LogP contribution in [-0.4, -0.2) is 24.9 Å². The van der Waals surface area contributed by atoms with Crippen LogP contribution in [-0.2, 0) is 9.59 Å². The second kappa shape index (κ2) is 13.1. The van der Waals surface area contributed by atoms with Gasteiger partial charge in [-0.1, -0.05) is 121 Å². The van der Waals surface area contributed by atoms with E-state index in [-0.39, 0.29) is 11.8 Å². The number of amides is 2. The summed E-state index contributed by atoms with van der Waals surface area (Å²) >= 11 is 0. The van der Waals surface area contributed by atoms with Crippen molar-refractivity contribution in [3.8, 4) is 0 Å². The lowest BCUT2D eigenvalue weighted by molar-refractivity contribution is -0.139. The molecule has 0 spiro atoms. The van der Waals surface area contributed by atoms with Crippen LogP contribution in [0, 0.1) is 0 Å². The molecular formula is C32H32N2O2. The number of hydrogen-bond acceptors (Lipinski definition) is 2. The first-order chi connectivity index (χ1) is 17.7. The molecule has 4 nitrogen and oxygen atoms in total. The van der Waals surface area contributed by atoms with Crippen LogP contribution >= 0.6 is 0 Å². The molecule has 0 fully saturated rings. The number of benzene rings is 4. The predicted octanol–water partition coefficient (Wildman–Crippen LogP) is 5.66. The molecule has 0 aliphatic rings. The zero-order valence-electron chi connectivity index (χ0n) is 20.3. The van der Waals surface area contributed by atoms with Gasteiger partial charge in [0.15, 0.2) is 0 Å². The summed E-state index contributed by atoms with van der Waals surface area (Å²) in [5.41, 5.74) is 4.76. The summed E-state index contributed by atoms with van der Waals surface area (Å²) in [5, 5.41) is 5.61. The van der Waals surface area contributed by atoms with Crippen LogP contribution in [0.5, 0.6) is 0 Å². The molecule has 0 saturated heterocycles. The van der Waals surface area contributed by atoms with Gasteiger partial charge in [-0.2, -0.15) is 0 Å². The maximum atomic E-state index is 12.5. The second-order valence-corrected chi connectivity index (χ2v) is 8.84. The Kier molecular flexibility index (Phi) is 9.04. The lowest BCUT2D eigenvalue weighted by Crippen LogP contribution is -2.41. The summed E-state index contributed by atoms with van der Waals surface area (Å²) < 4.78 is 0. The minimum Gasteiger partial charge on any atom is -0.348 e. The quantitative estimate of drug-likeness (QED) is 0.290. The molecule has 4 aromatic carbocycles. The average molecular weight is 477 g/mol. The van der Waals surface area contributed by atoms with Crippen LogP contribution in [0.3, 0.4) is 0 Å². The van der Waals surface area contributed by atoms with Crippen molar-refractivity contribution in [3.05, 3.63) is 144 Å². The van der Waals surface area contributed by atoms with E-state index in [4.69, 9.17) is 0 Å². The molecule has 0 aliphatic carbocycles. The van der Waals surface area contributed by atoms with Gasteiger partial charge in [-0.05, 0) is 35.1 Å². The standard InChI is InChI=1S/C32H32N2O2/c35-31(33-23-21-29(25-13-5-1-6-14-25)26-15-7-2-8-16-26)32(36)34-24-22-30(27-17-9-3-10-18-27)28-19-11-4-12-20-28/h1-20,29-30H,21-24H2,(H,33,35)(H,34,36). The lowest BCUT2D eigenvalue weighted by atomic mass is 9.88. The molecule has 2 N–H and O–H groups in total. The maximum Gasteiger partial charge on any atom is 0.309 e. The summed E-state index contributed by atoms with van der Waals surface area (Å²) in [6, 6.07) is 41.0. The van der Waals surface area contributed by atoms with E-state index in [1.54, 1.807) is 0 Å². The summed E-state index contributed by atoms with van der Waals surface area (Å²) in [6.07, 6.45) is 1.41. The van der Waals surface area contributed by atoms with Crippen molar-refractivity contribution < 1.29 is 9.59 Å². The molecule has 4 heteroatoms. The van der Waals surface area contributed by atoms with Crippen LogP contribution < -0.4 is 10.6 Å². The SMILES string of the molecule is O=C(NCCC(c1ccccc1)c1ccccc1)C(=O)NCCC(c1ccccc1)c1ccccc1. The fourth-order valence-electron chi connectivity index (χ4n) is 4.61. The number of hydrogen-bond donors (Lipinski definition) is 2. The fraction of sp³-hybridized carbons (Fsp3) is 0.188. The third kappa shape index (κ3) is 6.92. The van der Waals surface area contributed by atoms with Gasteiger partial charge < -0.3 is 10.6 Å². The molecule has 2 amide bonds. The van der Waals surface area contributed by atoms with E-state index in [2.05, 4.69) is 59.2 Å². The average Bonchev–Trinajstić information content (AvgIpc) is 2.95. The molecule has 0 bridgehead atoms. The summed E-state index contributed by atoms with van der Waals surface area (Å²) in [7, 11) is 0. The molecule has 182 valence electrons. The van der Waals surface area contributed by atoms with Crippen LogP contribution in [0.4, 0.5) is 0 Å². The zero-order chi connectivity index (χ0) is 25.0. The fourth-order valence-corrected chi connectivity index (χ4v) is 4.61. The molecule has 0 heterocycles. The van der Waals surface area contributed by atoms with Gasteiger partial charge in [-0.3, -0.25) is 9.59 Å².